The number of thioether (sulfide) groups is 1. The van der Waals surface area contributed by atoms with Gasteiger partial charge < -0.3 is 4.74 Å². The Kier molecular flexibility index (Phi) is 5.65. The summed E-state index contributed by atoms with van der Waals surface area (Å²) in [7, 11) is 0. The van der Waals surface area contributed by atoms with Crippen molar-refractivity contribution in [3.05, 3.63) is 65.7 Å². The Morgan fingerprint density at radius 2 is 1.50 bits per heavy atom. The Balaban J connectivity index is 2.00. The molecule has 0 N–H and O–H groups in total. The fourth-order valence-electron chi connectivity index (χ4n) is 3.77. The molecule has 1 aliphatic heterocycles. The van der Waals surface area contributed by atoms with E-state index >= 15 is 0 Å². The van der Waals surface area contributed by atoms with E-state index in [0.29, 0.717) is 5.92 Å². The van der Waals surface area contributed by atoms with Crippen molar-refractivity contribution in [2.45, 2.75) is 30.2 Å². The summed E-state index contributed by atoms with van der Waals surface area (Å²) in [6.07, 6.45) is 2.13. The fraction of sp³-hybridized carbons (Fsp3) is 0.429. The molecule has 1 fully saturated rings. The van der Waals surface area contributed by atoms with E-state index < -0.39 is 0 Å². The van der Waals surface area contributed by atoms with Gasteiger partial charge in [-0.15, -0.1) is 11.8 Å². The van der Waals surface area contributed by atoms with Crippen LogP contribution in [0, 0.1) is 0 Å². The molecule has 1 saturated heterocycles. The van der Waals surface area contributed by atoms with Gasteiger partial charge in [-0.1, -0.05) is 42.5 Å². The van der Waals surface area contributed by atoms with Gasteiger partial charge in [-0.05, 0) is 43.4 Å². The molecular weight excluding hydrogens is 314 g/mol. The highest BCUT2D eigenvalue weighted by Crippen LogP contribution is 2.39. The summed E-state index contributed by atoms with van der Waals surface area (Å²) in [6.45, 7) is 8.40. The first-order valence-electron chi connectivity index (χ1n) is 8.64. The van der Waals surface area contributed by atoms with E-state index in [9.17, 15) is 0 Å². The second kappa shape index (κ2) is 7.73. The van der Waals surface area contributed by atoms with Crippen LogP contribution in [0.4, 0.5) is 0 Å². The average Bonchev–Trinajstić information content (AvgIpc) is 2.64. The zero-order valence-electron chi connectivity index (χ0n) is 14.9. The third-order valence-electron chi connectivity index (χ3n) is 5.11. The van der Waals surface area contributed by atoms with Gasteiger partial charge >= 0.3 is 0 Å². The zero-order chi connectivity index (χ0) is 17.0. The molecule has 0 aromatic heterocycles. The topological polar surface area (TPSA) is 12.5 Å². The molecule has 1 aliphatic rings. The highest BCUT2D eigenvalue weighted by atomic mass is 32.2. The smallest absolute Gasteiger partial charge is 0.0594 e. The molecule has 0 bridgehead atoms. The molecule has 0 amide bonds. The number of ether oxygens (including phenoxy) is 1. The third kappa shape index (κ3) is 3.69. The van der Waals surface area contributed by atoms with Crippen molar-refractivity contribution in [2.75, 3.05) is 32.6 Å². The Morgan fingerprint density at radius 3 is 2.08 bits per heavy atom. The van der Waals surface area contributed by atoms with Crippen LogP contribution in [-0.2, 0) is 4.74 Å². The molecule has 2 nitrogen and oxygen atoms in total. The van der Waals surface area contributed by atoms with Crippen LogP contribution in [0.3, 0.4) is 0 Å². The highest BCUT2D eigenvalue weighted by molar-refractivity contribution is 7.98. The van der Waals surface area contributed by atoms with E-state index in [1.165, 1.54) is 16.0 Å². The van der Waals surface area contributed by atoms with Crippen LogP contribution in [-0.4, -0.2) is 43.0 Å². The van der Waals surface area contributed by atoms with Gasteiger partial charge in [-0.3, -0.25) is 4.90 Å². The van der Waals surface area contributed by atoms with Gasteiger partial charge in [-0.25, -0.2) is 0 Å². The summed E-state index contributed by atoms with van der Waals surface area (Å²) >= 11 is 1.79. The van der Waals surface area contributed by atoms with Gasteiger partial charge in [0.05, 0.1) is 13.2 Å². The highest BCUT2D eigenvalue weighted by Gasteiger charge is 2.38. The van der Waals surface area contributed by atoms with E-state index in [1.54, 1.807) is 11.8 Å². The van der Waals surface area contributed by atoms with Crippen molar-refractivity contribution in [3.8, 4) is 0 Å². The molecule has 1 unspecified atom stereocenters. The van der Waals surface area contributed by atoms with Crippen LogP contribution in [0.5, 0.6) is 0 Å². The SMILES string of the molecule is CSc1ccc(C(c2ccccc2)C(C)(C)N2CCOCC2)cc1. The van der Waals surface area contributed by atoms with Gasteiger partial charge in [0.2, 0.25) is 0 Å². The fourth-order valence-corrected chi connectivity index (χ4v) is 4.18. The summed E-state index contributed by atoms with van der Waals surface area (Å²) in [5, 5.41) is 0. The molecule has 2 aromatic rings. The molecule has 1 atom stereocenters. The molecule has 0 saturated carbocycles. The maximum Gasteiger partial charge on any atom is 0.0594 e. The van der Waals surface area contributed by atoms with Crippen molar-refractivity contribution >= 4 is 11.8 Å². The van der Waals surface area contributed by atoms with Gasteiger partial charge in [0.25, 0.3) is 0 Å². The Hall–Kier alpha value is -1.29. The van der Waals surface area contributed by atoms with E-state index in [-0.39, 0.29) is 5.54 Å². The van der Waals surface area contributed by atoms with Crippen LogP contribution < -0.4 is 0 Å². The predicted octanol–water partition coefficient (Wildman–Crippen LogP) is 4.65. The molecule has 0 radical (unpaired) electrons. The molecule has 2 aromatic carbocycles. The lowest BCUT2D eigenvalue weighted by Crippen LogP contribution is -2.53. The summed E-state index contributed by atoms with van der Waals surface area (Å²) in [5.41, 5.74) is 2.80. The Bertz CT molecular complexity index is 633. The lowest BCUT2D eigenvalue weighted by atomic mass is 9.76. The Labute approximate surface area is 150 Å². The van der Waals surface area contributed by atoms with Crippen molar-refractivity contribution in [1.82, 2.24) is 4.90 Å². The van der Waals surface area contributed by atoms with Gasteiger partial charge in [0.1, 0.15) is 0 Å². The molecule has 0 aliphatic carbocycles. The molecule has 3 heteroatoms. The summed E-state index contributed by atoms with van der Waals surface area (Å²) < 4.78 is 5.57. The molecule has 24 heavy (non-hydrogen) atoms. The minimum absolute atomic E-state index is 0.0337. The molecular formula is C21H27NOS. The number of nitrogens with zero attached hydrogens (tertiary/aromatic N) is 1. The first-order valence-corrected chi connectivity index (χ1v) is 9.87. The summed E-state index contributed by atoms with van der Waals surface area (Å²) in [4.78, 5) is 3.89. The van der Waals surface area contributed by atoms with Gasteiger partial charge in [-0.2, -0.15) is 0 Å². The van der Waals surface area contributed by atoms with Crippen LogP contribution >= 0.6 is 11.8 Å². The second-order valence-corrected chi connectivity index (χ2v) is 7.75. The predicted molar refractivity (Wildman–Crippen MR) is 103 cm³/mol. The first kappa shape index (κ1) is 17.5. The number of hydrogen-bond donors (Lipinski definition) is 0. The standard InChI is InChI=1S/C21H27NOS/c1-21(2,22-13-15-23-16-14-22)20(17-7-5-4-6-8-17)18-9-11-19(24-3)12-10-18/h4-12,20H,13-16H2,1-3H3. The average molecular weight is 342 g/mol. The quantitative estimate of drug-likeness (QED) is 0.735. The molecule has 1 heterocycles. The van der Waals surface area contributed by atoms with E-state index in [0.717, 1.165) is 26.3 Å². The Morgan fingerprint density at radius 1 is 0.917 bits per heavy atom. The van der Waals surface area contributed by atoms with E-state index in [4.69, 9.17) is 4.74 Å². The minimum atomic E-state index is 0.0337. The monoisotopic (exact) mass is 341 g/mol. The van der Waals surface area contributed by atoms with Crippen LogP contribution in [0.15, 0.2) is 59.5 Å². The minimum Gasteiger partial charge on any atom is -0.379 e. The van der Waals surface area contributed by atoms with Crippen LogP contribution in [0.1, 0.15) is 30.9 Å². The largest absolute Gasteiger partial charge is 0.379 e. The second-order valence-electron chi connectivity index (χ2n) is 6.87. The van der Waals surface area contributed by atoms with Crippen molar-refractivity contribution in [3.63, 3.8) is 0 Å². The maximum atomic E-state index is 5.57. The third-order valence-corrected chi connectivity index (χ3v) is 5.86. The molecule has 0 spiro atoms. The van der Waals surface area contributed by atoms with Gasteiger partial charge in [0.15, 0.2) is 0 Å². The number of morpholine rings is 1. The summed E-state index contributed by atoms with van der Waals surface area (Å²) in [6, 6.07) is 20.0. The maximum absolute atomic E-state index is 5.57. The molecule has 128 valence electrons. The molecule has 3 rings (SSSR count). The number of rotatable bonds is 5. The van der Waals surface area contributed by atoms with Crippen molar-refractivity contribution in [2.24, 2.45) is 0 Å². The van der Waals surface area contributed by atoms with Crippen LogP contribution in [0.2, 0.25) is 0 Å². The summed E-state index contributed by atoms with van der Waals surface area (Å²) in [5.74, 6) is 0.340. The first-order chi connectivity index (χ1) is 11.6. The van der Waals surface area contributed by atoms with E-state index in [2.05, 4.69) is 79.6 Å². The van der Waals surface area contributed by atoms with Gasteiger partial charge in [0, 0.05) is 29.4 Å². The van der Waals surface area contributed by atoms with E-state index in [1.807, 2.05) is 0 Å². The lowest BCUT2D eigenvalue weighted by Gasteiger charge is -2.46. The normalized spacial score (nSPS) is 17.6. The lowest BCUT2D eigenvalue weighted by molar-refractivity contribution is -0.0154. The van der Waals surface area contributed by atoms with Crippen molar-refractivity contribution in [1.29, 1.82) is 0 Å². The van der Waals surface area contributed by atoms with Crippen LogP contribution in [0.25, 0.3) is 0 Å². The zero-order valence-corrected chi connectivity index (χ0v) is 15.7. The number of benzene rings is 2. The van der Waals surface area contributed by atoms with Crippen molar-refractivity contribution < 1.29 is 4.74 Å². The number of hydrogen-bond acceptors (Lipinski definition) is 3.